The number of benzene rings is 4. The lowest BCUT2D eigenvalue weighted by atomic mass is 10.1. The van der Waals surface area contributed by atoms with Crippen molar-refractivity contribution < 1.29 is 16.8 Å². The number of halogens is 2. The summed E-state index contributed by atoms with van der Waals surface area (Å²) in [5, 5.41) is 0. The van der Waals surface area contributed by atoms with Crippen LogP contribution in [0.3, 0.4) is 0 Å². The minimum absolute atomic E-state index is 0.0470. The first-order valence-corrected chi connectivity index (χ1v) is 15.0. The van der Waals surface area contributed by atoms with Crippen molar-refractivity contribution in [3.8, 4) is 22.3 Å². The molecule has 0 aromatic heterocycles. The predicted molar refractivity (Wildman–Crippen MR) is 134 cm³/mol. The molecular formula is C24H16Cl2O4S3. The highest BCUT2D eigenvalue weighted by atomic mass is 35.7. The van der Waals surface area contributed by atoms with Crippen molar-refractivity contribution in [2.75, 3.05) is 0 Å². The van der Waals surface area contributed by atoms with E-state index in [-0.39, 0.29) is 9.79 Å². The van der Waals surface area contributed by atoms with Gasteiger partial charge >= 0.3 is 0 Å². The molecule has 0 radical (unpaired) electrons. The molecule has 168 valence electrons. The standard InChI is InChI=1S/C24H16Cl2O4S3/c25-32(27,28)19-13-9-17(10-14-19)21-5-1-3-7-23(21)31-24-8-4-2-6-22(24)18-11-15-20(16-12-18)33(26,29)30/h1-16H. The molecule has 0 N–H and O–H groups in total. The summed E-state index contributed by atoms with van der Waals surface area (Å²) in [5.74, 6) is 0. The van der Waals surface area contributed by atoms with Gasteiger partial charge in [-0.15, -0.1) is 0 Å². The molecule has 0 fully saturated rings. The summed E-state index contributed by atoms with van der Waals surface area (Å²) >= 11 is 1.56. The summed E-state index contributed by atoms with van der Waals surface area (Å²) in [5.41, 5.74) is 3.60. The van der Waals surface area contributed by atoms with Gasteiger partial charge in [0.05, 0.1) is 9.79 Å². The summed E-state index contributed by atoms with van der Waals surface area (Å²) < 4.78 is 46.2. The molecule has 0 saturated heterocycles. The maximum atomic E-state index is 11.6. The van der Waals surface area contributed by atoms with Crippen LogP contribution < -0.4 is 0 Å². The van der Waals surface area contributed by atoms with Gasteiger partial charge in [-0.05, 0) is 58.7 Å². The van der Waals surface area contributed by atoms with Crippen LogP contribution in [0.1, 0.15) is 0 Å². The van der Waals surface area contributed by atoms with Crippen LogP contribution in [0, 0.1) is 0 Å². The Morgan fingerprint density at radius 2 is 0.818 bits per heavy atom. The lowest BCUT2D eigenvalue weighted by Gasteiger charge is -2.13. The van der Waals surface area contributed by atoms with E-state index in [2.05, 4.69) is 0 Å². The first-order valence-electron chi connectivity index (χ1n) is 9.59. The molecule has 33 heavy (non-hydrogen) atoms. The Kier molecular flexibility index (Phi) is 6.88. The van der Waals surface area contributed by atoms with Crippen molar-refractivity contribution in [2.45, 2.75) is 19.6 Å². The molecule has 0 saturated carbocycles. The van der Waals surface area contributed by atoms with E-state index < -0.39 is 18.1 Å². The van der Waals surface area contributed by atoms with E-state index in [0.29, 0.717) is 0 Å². The van der Waals surface area contributed by atoms with Crippen molar-refractivity contribution in [1.82, 2.24) is 0 Å². The average molecular weight is 535 g/mol. The third-order valence-corrected chi connectivity index (χ3v) is 8.78. The van der Waals surface area contributed by atoms with Crippen molar-refractivity contribution in [1.29, 1.82) is 0 Å². The zero-order valence-corrected chi connectivity index (χ0v) is 20.8. The van der Waals surface area contributed by atoms with E-state index in [4.69, 9.17) is 21.4 Å². The monoisotopic (exact) mass is 534 g/mol. The summed E-state index contributed by atoms with van der Waals surface area (Å²) in [6.07, 6.45) is 0. The van der Waals surface area contributed by atoms with Crippen LogP contribution in [0.4, 0.5) is 0 Å². The summed E-state index contributed by atoms with van der Waals surface area (Å²) in [6, 6.07) is 28.5. The molecule has 4 rings (SSSR count). The second kappa shape index (κ2) is 9.52. The zero-order valence-electron chi connectivity index (χ0n) is 16.9. The van der Waals surface area contributed by atoms with Gasteiger partial charge in [-0.2, -0.15) is 0 Å². The van der Waals surface area contributed by atoms with Crippen LogP contribution in [0.5, 0.6) is 0 Å². The molecule has 0 aliphatic carbocycles. The van der Waals surface area contributed by atoms with Gasteiger partial charge in [0.2, 0.25) is 0 Å². The van der Waals surface area contributed by atoms with Gasteiger partial charge in [-0.25, -0.2) is 16.8 Å². The first kappa shape index (κ1) is 23.9. The molecule has 0 aliphatic heterocycles. The normalized spacial score (nSPS) is 11.9. The maximum Gasteiger partial charge on any atom is 0.261 e. The third kappa shape index (κ3) is 5.62. The van der Waals surface area contributed by atoms with Crippen LogP contribution >= 0.6 is 33.1 Å². The van der Waals surface area contributed by atoms with Crippen molar-refractivity contribution in [2.24, 2.45) is 0 Å². The number of hydrogen-bond donors (Lipinski definition) is 0. The molecule has 0 amide bonds. The van der Waals surface area contributed by atoms with Gasteiger partial charge < -0.3 is 0 Å². The van der Waals surface area contributed by atoms with Gasteiger partial charge in [0.1, 0.15) is 0 Å². The van der Waals surface area contributed by atoms with Crippen molar-refractivity contribution >= 4 is 51.2 Å². The largest absolute Gasteiger partial charge is 0.261 e. The zero-order chi connectivity index (χ0) is 23.6. The van der Waals surface area contributed by atoms with Crippen LogP contribution in [0.15, 0.2) is 117 Å². The Bertz CT molecular complexity index is 1400. The van der Waals surface area contributed by atoms with E-state index in [0.717, 1.165) is 32.0 Å². The quantitative estimate of drug-likeness (QED) is 0.248. The molecule has 0 heterocycles. The van der Waals surface area contributed by atoms with Gasteiger partial charge in [-0.1, -0.05) is 72.4 Å². The minimum atomic E-state index is -3.79. The highest BCUT2D eigenvalue weighted by Crippen LogP contribution is 2.40. The minimum Gasteiger partial charge on any atom is -0.207 e. The Morgan fingerprint density at radius 1 is 0.485 bits per heavy atom. The molecular weight excluding hydrogens is 519 g/mol. The molecule has 9 heteroatoms. The molecule has 4 aromatic rings. The van der Waals surface area contributed by atoms with E-state index in [1.165, 1.54) is 24.3 Å². The molecule has 4 aromatic carbocycles. The second-order valence-electron chi connectivity index (χ2n) is 7.02. The molecule has 4 nitrogen and oxygen atoms in total. The Morgan fingerprint density at radius 3 is 1.15 bits per heavy atom. The highest BCUT2D eigenvalue weighted by Gasteiger charge is 2.14. The van der Waals surface area contributed by atoms with E-state index in [1.807, 2.05) is 48.5 Å². The fourth-order valence-corrected chi connectivity index (χ4v) is 5.96. The average Bonchev–Trinajstić information content (AvgIpc) is 2.79. The third-order valence-electron chi connectivity index (χ3n) is 4.89. The Hall–Kier alpha value is -2.29. The Labute approximate surface area is 206 Å². The lowest BCUT2D eigenvalue weighted by Crippen LogP contribution is -1.91. The van der Waals surface area contributed by atoms with Crippen LogP contribution in [-0.4, -0.2) is 16.8 Å². The fraction of sp³-hybridized carbons (Fsp3) is 0. The predicted octanol–water partition coefficient (Wildman–Crippen LogP) is 7.03. The van der Waals surface area contributed by atoms with E-state index >= 15 is 0 Å². The van der Waals surface area contributed by atoms with Gasteiger partial charge in [0.15, 0.2) is 0 Å². The smallest absolute Gasteiger partial charge is 0.207 e. The Balaban J connectivity index is 1.71. The SMILES string of the molecule is O=S(=O)(Cl)c1ccc(-c2ccccc2Sc2ccccc2-c2ccc(S(=O)(=O)Cl)cc2)cc1. The molecule has 0 atom stereocenters. The molecule has 0 aliphatic rings. The number of rotatable bonds is 6. The van der Waals surface area contributed by atoms with Crippen LogP contribution in [-0.2, 0) is 18.1 Å². The molecule has 0 unspecified atom stereocenters. The van der Waals surface area contributed by atoms with Crippen LogP contribution in [0.2, 0.25) is 0 Å². The van der Waals surface area contributed by atoms with Crippen LogP contribution in [0.25, 0.3) is 22.3 Å². The summed E-state index contributed by atoms with van der Waals surface area (Å²) in [6.45, 7) is 0. The van der Waals surface area contributed by atoms with Gasteiger partial charge in [-0.3, -0.25) is 0 Å². The highest BCUT2D eigenvalue weighted by molar-refractivity contribution is 8.14. The lowest BCUT2D eigenvalue weighted by molar-refractivity contribution is 0.608. The van der Waals surface area contributed by atoms with Crippen molar-refractivity contribution in [3.05, 3.63) is 97.1 Å². The second-order valence-corrected chi connectivity index (χ2v) is 13.2. The van der Waals surface area contributed by atoms with Gasteiger partial charge in [0.25, 0.3) is 18.1 Å². The van der Waals surface area contributed by atoms with Gasteiger partial charge in [0, 0.05) is 31.2 Å². The van der Waals surface area contributed by atoms with E-state index in [1.54, 1.807) is 36.0 Å². The van der Waals surface area contributed by atoms with E-state index in [9.17, 15) is 16.8 Å². The molecule has 0 bridgehead atoms. The number of hydrogen-bond acceptors (Lipinski definition) is 5. The molecule has 0 spiro atoms. The first-order chi connectivity index (χ1) is 15.6. The summed E-state index contributed by atoms with van der Waals surface area (Å²) in [4.78, 5) is 2.05. The van der Waals surface area contributed by atoms with Crippen molar-refractivity contribution in [3.63, 3.8) is 0 Å². The topological polar surface area (TPSA) is 68.3 Å². The maximum absolute atomic E-state index is 11.6. The summed E-state index contributed by atoms with van der Waals surface area (Å²) in [7, 11) is 3.29. The fourth-order valence-electron chi connectivity index (χ4n) is 3.30.